The third-order valence-corrected chi connectivity index (χ3v) is 5.12. The Morgan fingerprint density at radius 2 is 2.12 bits per heavy atom. The van der Waals surface area contributed by atoms with Crippen molar-refractivity contribution in [1.82, 2.24) is 10.2 Å². The fourth-order valence-electron chi connectivity index (χ4n) is 3.47. The van der Waals surface area contributed by atoms with E-state index in [-0.39, 0.29) is 23.9 Å². The van der Waals surface area contributed by atoms with Gasteiger partial charge in [-0.15, -0.1) is 0 Å². The molecule has 1 aromatic carbocycles. The molecule has 1 saturated heterocycles. The van der Waals surface area contributed by atoms with Gasteiger partial charge in [0.15, 0.2) is 0 Å². The van der Waals surface area contributed by atoms with Gasteiger partial charge in [0.05, 0.1) is 5.92 Å². The van der Waals surface area contributed by atoms with E-state index < -0.39 is 0 Å². The molecule has 2 unspecified atom stereocenters. The van der Waals surface area contributed by atoms with Crippen molar-refractivity contribution in [1.29, 1.82) is 0 Å². The van der Waals surface area contributed by atoms with Crippen molar-refractivity contribution in [2.45, 2.75) is 38.6 Å². The van der Waals surface area contributed by atoms with Crippen LogP contribution in [0.4, 0.5) is 10.5 Å². The van der Waals surface area contributed by atoms with Crippen LogP contribution in [0.2, 0.25) is 0 Å². The number of urea groups is 1. The number of piperidine rings is 1. The van der Waals surface area contributed by atoms with Crippen LogP contribution in [0.25, 0.3) is 0 Å². The molecule has 3 amide bonds. The molecule has 0 bridgehead atoms. The summed E-state index contributed by atoms with van der Waals surface area (Å²) < 4.78 is 0. The van der Waals surface area contributed by atoms with Gasteiger partial charge in [-0.3, -0.25) is 4.79 Å². The number of carbonyl (C=O) groups excluding carboxylic acids is 2. The topological polar surface area (TPSA) is 87.5 Å². The molecule has 25 heavy (non-hydrogen) atoms. The van der Waals surface area contributed by atoms with E-state index in [1.165, 1.54) is 0 Å². The van der Waals surface area contributed by atoms with Crippen molar-refractivity contribution in [2.75, 3.05) is 25.0 Å². The Kier molecular flexibility index (Phi) is 5.58. The first-order valence-corrected chi connectivity index (χ1v) is 9.20. The van der Waals surface area contributed by atoms with Crippen LogP contribution < -0.4 is 16.4 Å². The van der Waals surface area contributed by atoms with Crippen LogP contribution in [-0.4, -0.2) is 42.5 Å². The molecular weight excluding hydrogens is 316 g/mol. The lowest BCUT2D eigenvalue weighted by Gasteiger charge is -2.33. The van der Waals surface area contributed by atoms with Crippen LogP contribution in [0, 0.1) is 18.8 Å². The zero-order valence-corrected chi connectivity index (χ0v) is 14.8. The normalized spacial score (nSPS) is 21.5. The van der Waals surface area contributed by atoms with E-state index in [0.29, 0.717) is 25.6 Å². The molecule has 3 rings (SSSR count). The van der Waals surface area contributed by atoms with Gasteiger partial charge >= 0.3 is 6.03 Å². The highest BCUT2D eigenvalue weighted by molar-refractivity contribution is 5.90. The summed E-state index contributed by atoms with van der Waals surface area (Å²) in [6.07, 6.45) is 3.97. The molecule has 136 valence electrons. The second-order valence-electron chi connectivity index (χ2n) is 7.27. The quantitative estimate of drug-likeness (QED) is 0.764. The molecule has 6 heteroatoms. The van der Waals surface area contributed by atoms with Crippen LogP contribution in [0.15, 0.2) is 24.3 Å². The molecule has 2 fully saturated rings. The number of amides is 3. The van der Waals surface area contributed by atoms with E-state index in [1.807, 2.05) is 31.2 Å². The van der Waals surface area contributed by atoms with Crippen molar-refractivity contribution < 1.29 is 9.59 Å². The minimum Gasteiger partial charge on any atom is -0.352 e. The predicted octanol–water partition coefficient (Wildman–Crippen LogP) is 2.09. The Bertz CT molecular complexity index is 630. The summed E-state index contributed by atoms with van der Waals surface area (Å²) in [6, 6.07) is 7.67. The van der Waals surface area contributed by atoms with E-state index in [0.717, 1.165) is 36.9 Å². The number of likely N-dealkylation sites (tertiary alicyclic amines) is 1. The number of anilines is 1. The average Bonchev–Trinajstić information content (AvgIpc) is 3.44. The van der Waals surface area contributed by atoms with Crippen molar-refractivity contribution in [2.24, 2.45) is 17.6 Å². The monoisotopic (exact) mass is 344 g/mol. The smallest absolute Gasteiger partial charge is 0.321 e. The van der Waals surface area contributed by atoms with Crippen molar-refractivity contribution in [3.05, 3.63) is 29.8 Å². The average molecular weight is 344 g/mol. The van der Waals surface area contributed by atoms with Gasteiger partial charge in [-0.1, -0.05) is 12.1 Å². The van der Waals surface area contributed by atoms with E-state index in [2.05, 4.69) is 10.6 Å². The fourth-order valence-corrected chi connectivity index (χ4v) is 3.47. The molecule has 1 aromatic rings. The molecule has 1 aliphatic heterocycles. The Labute approximate surface area is 149 Å². The summed E-state index contributed by atoms with van der Waals surface area (Å²) in [5.41, 5.74) is 7.66. The number of rotatable bonds is 5. The third kappa shape index (κ3) is 4.72. The highest BCUT2D eigenvalue weighted by atomic mass is 16.2. The lowest BCUT2D eigenvalue weighted by atomic mass is 9.96. The Balaban J connectivity index is 1.54. The van der Waals surface area contributed by atoms with Crippen molar-refractivity contribution in [3.63, 3.8) is 0 Å². The number of aryl methyl sites for hydroxylation is 1. The van der Waals surface area contributed by atoms with Crippen LogP contribution in [0.3, 0.4) is 0 Å². The lowest BCUT2D eigenvalue weighted by molar-refractivity contribution is -0.127. The minimum absolute atomic E-state index is 0.0374. The minimum atomic E-state index is -0.148. The van der Waals surface area contributed by atoms with Crippen LogP contribution >= 0.6 is 0 Å². The summed E-state index contributed by atoms with van der Waals surface area (Å²) in [4.78, 5) is 26.8. The van der Waals surface area contributed by atoms with Crippen LogP contribution in [0.1, 0.15) is 31.2 Å². The second kappa shape index (κ2) is 7.87. The van der Waals surface area contributed by atoms with Gasteiger partial charge in [-0.2, -0.15) is 0 Å². The van der Waals surface area contributed by atoms with E-state index in [9.17, 15) is 9.59 Å². The first-order chi connectivity index (χ1) is 12.1. The highest BCUT2D eigenvalue weighted by Crippen LogP contribution is 2.32. The molecule has 1 heterocycles. The molecular formula is C19H28N4O2. The van der Waals surface area contributed by atoms with Gasteiger partial charge < -0.3 is 21.3 Å². The molecule has 6 nitrogen and oxygen atoms in total. The molecule has 0 spiro atoms. The zero-order chi connectivity index (χ0) is 17.8. The molecule has 0 radical (unpaired) electrons. The Morgan fingerprint density at radius 1 is 1.32 bits per heavy atom. The van der Waals surface area contributed by atoms with Crippen LogP contribution in [0.5, 0.6) is 0 Å². The molecule has 1 saturated carbocycles. The van der Waals surface area contributed by atoms with Gasteiger partial charge in [0, 0.05) is 31.4 Å². The number of nitrogens with zero attached hydrogens (tertiary/aromatic N) is 1. The summed E-state index contributed by atoms with van der Waals surface area (Å²) >= 11 is 0. The maximum Gasteiger partial charge on any atom is 0.321 e. The van der Waals surface area contributed by atoms with Gasteiger partial charge in [0.2, 0.25) is 5.91 Å². The number of carbonyl (C=O) groups is 2. The number of nitrogens with two attached hydrogens (primary N) is 1. The first kappa shape index (κ1) is 17.7. The fraction of sp³-hybridized carbons (Fsp3) is 0.579. The molecule has 0 aromatic heterocycles. The van der Waals surface area contributed by atoms with Crippen LogP contribution in [-0.2, 0) is 4.79 Å². The number of nitrogens with one attached hydrogen (secondary N) is 2. The number of hydrogen-bond acceptors (Lipinski definition) is 3. The lowest BCUT2D eigenvalue weighted by Crippen LogP contribution is -2.50. The summed E-state index contributed by atoms with van der Waals surface area (Å²) in [5, 5.41) is 6.02. The number of hydrogen-bond donors (Lipinski definition) is 3. The zero-order valence-electron chi connectivity index (χ0n) is 14.8. The SMILES string of the molecule is Cc1cccc(NC(=O)N2CCCC(C(=O)NC(CN)C3CC3)C2)c1. The Hall–Kier alpha value is -2.08. The highest BCUT2D eigenvalue weighted by Gasteiger charge is 2.34. The largest absolute Gasteiger partial charge is 0.352 e. The van der Waals surface area contributed by atoms with Gasteiger partial charge in [0.1, 0.15) is 0 Å². The predicted molar refractivity (Wildman–Crippen MR) is 98.2 cm³/mol. The first-order valence-electron chi connectivity index (χ1n) is 9.20. The molecule has 2 aliphatic rings. The van der Waals surface area contributed by atoms with Gasteiger partial charge in [-0.25, -0.2) is 4.79 Å². The standard InChI is InChI=1S/C19H28N4O2/c1-13-4-2-6-16(10-13)21-19(25)23-9-3-5-15(12-23)18(24)22-17(11-20)14-7-8-14/h2,4,6,10,14-15,17H,3,5,7-9,11-12,20H2,1H3,(H,21,25)(H,22,24). The third-order valence-electron chi connectivity index (χ3n) is 5.12. The molecule has 1 aliphatic carbocycles. The maximum absolute atomic E-state index is 12.5. The van der Waals surface area contributed by atoms with E-state index >= 15 is 0 Å². The number of benzene rings is 1. The maximum atomic E-state index is 12.5. The Morgan fingerprint density at radius 3 is 2.80 bits per heavy atom. The summed E-state index contributed by atoms with van der Waals surface area (Å²) in [5.74, 6) is 0.429. The van der Waals surface area contributed by atoms with Gasteiger partial charge in [-0.05, 0) is 56.2 Å². The summed E-state index contributed by atoms with van der Waals surface area (Å²) in [6.45, 7) is 3.63. The molecule has 4 N–H and O–H groups in total. The van der Waals surface area contributed by atoms with Crippen molar-refractivity contribution >= 4 is 17.6 Å². The van der Waals surface area contributed by atoms with E-state index in [1.54, 1.807) is 4.90 Å². The van der Waals surface area contributed by atoms with Gasteiger partial charge in [0.25, 0.3) is 0 Å². The van der Waals surface area contributed by atoms with E-state index in [4.69, 9.17) is 5.73 Å². The summed E-state index contributed by atoms with van der Waals surface area (Å²) in [7, 11) is 0. The van der Waals surface area contributed by atoms with Crippen molar-refractivity contribution in [3.8, 4) is 0 Å². The molecule has 2 atom stereocenters. The second-order valence-corrected chi connectivity index (χ2v) is 7.27.